The van der Waals surface area contributed by atoms with Crippen molar-refractivity contribution >= 4 is 0 Å². The summed E-state index contributed by atoms with van der Waals surface area (Å²) in [5, 5.41) is 36.2. The van der Waals surface area contributed by atoms with E-state index >= 15 is 0 Å². The van der Waals surface area contributed by atoms with Gasteiger partial charge in [0.1, 0.15) is 17.2 Å². The molecule has 3 heteroatoms. The zero-order valence-corrected chi connectivity index (χ0v) is 29.9. The maximum Gasteiger partial charge on any atom is 0.123 e. The standard InChI is InChI=1S/C40H58O3/c1-23-17-24(36(2,3)4)18-27(33(23)41)32(28-19-25(37(5,6)7)21-30(34(28)42)39(11,12)13)29-20-26(38(8,9)10)22-31(35(29)43)40(14,15)16/h17-22,32,41-43H,1-16H3. The first kappa shape index (κ1) is 34.5. The fourth-order valence-corrected chi connectivity index (χ4v) is 5.73. The predicted molar refractivity (Wildman–Crippen MR) is 184 cm³/mol. The Morgan fingerprint density at radius 1 is 0.395 bits per heavy atom. The molecular formula is C40H58O3. The molecule has 0 radical (unpaired) electrons. The van der Waals surface area contributed by atoms with Gasteiger partial charge < -0.3 is 15.3 Å². The summed E-state index contributed by atoms with van der Waals surface area (Å²) in [5.74, 6) is -0.00953. The van der Waals surface area contributed by atoms with Gasteiger partial charge in [-0.1, -0.05) is 140 Å². The Hall–Kier alpha value is -2.94. The van der Waals surface area contributed by atoms with Crippen LogP contribution in [0, 0.1) is 6.92 Å². The van der Waals surface area contributed by atoms with Gasteiger partial charge in [0.05, 0.1) is 0 Å². The molecule has 0 aliphatic carbocycles. The Bertz CT molecular complexity index is 1420. The highest BCUT2D eigenvalue weighted by Crippen LogP contribution is 2.51. The van der Waals surface area contributed by atoms with Crippen LogP contribution < -0.4 is 0 Å². The van der Waals surface area contributed by atoms with Gasteiger partial charge in [-0.05, 0) is 67.4 Å². The molecule has 0 amide bonds. The average molecular weight is 587 g/mol. The quantitative estimate of drug-likeness (QED) is 0.268. The van der Waals surface area contributed by atoms with Crippen LogP contribution in [0.3, 0.4) is 0 Å². The summed E-state index contributed by atoms with van der Waals surface area (Å²) in [5.41, 5.74) is 6.63. The molecule has 0 saturated heterocycles. The van der Waals surface area contributed by atoms with Gasteiger partial charge in [-0.15, -0.1) is 0 Å². The van der Waals surface area contributed by atoms with Gasteiger partial charge in [-0.25, -0.2) is 0 Å². The number of aryl methyl sites for hydroxylation is 1. The molecule has 0 heterocycles. The maximum absolute atomic E-state index is 12.2. The van der Waals surface area contributed by atoms with Crippen LogP contribution in [0.25, 0.3) is 0 Å². The highest BCUT2D eigenvalue weighted by Gasteiger charge is 2.35. The topological polar surface area (TPSA) is 60.7 Å². The first-order valence-electron chi connectivity index (χ1n) is 15.8. The fraction of sp³-hybridized carbons (Fsp3) is 0.550. The van der Waals surface area contributed by atoms with Crippen LogP contribution in [0.15, 0.2) is 36.4 Å². The summed E-state index contributed by atoms with van der Waals surface area (Å²) in [4.78, 5) is 0. The van der Waals surface area contributed by atoms with Crippen molar-refractivity contribution in [2.24, 2.45) is 0 Å². The van der Waals surface area contributed by atoms with Gasteiger partial charge in [0.25, 0.3) is 0 Å². The maximum atomic E-state index is 12.2. The summed E-state index contributed by atoms with van der Waals surface area (Å²) < 4.78 is 0. The van der Waals surface area contributed by atoms with Crippen LogP contribution in [-0.4, -0.2) is 15.3 Å². The molecule has 0 fully saturated rings. The zero-order valence-electron chi connectivity index (χ0n) is 29.9. The Kier molecular flexibility index (Phi) is 8.75. The number of rotatable bonds is 3. The Morgan fingerprint density at radius 3 is 0.953 bits per heavy atom. The van der Waals surface area contributed by atoms with Gasteiger partial charge in [0.2, 0.25) is 0 Å². The van der Waals surface area contributed by atoms with Crippen LogP contribution in [0.1, 0.15) is 160 Å². The number of hydrogen-bond acceptors (Lipinski definition) is 3. The van der Waals surface area contributed by atoms with Gasteiger partial charge in [0, 0.05) is 22.6 Å². The minimum Gasteiger partial charge on any atom is -0.507 e. The first-order valence-corrected chi connectivity index (χ1v) is 15.8. The minimum atomic E-state index is -0.618. The predicted octanol–water partition coefficient (Wildman–Crippen LogP) is 10.8. The van der Waals surface area contributed by atoms with E-state index in [0.29, 0.717) is 16.7 Å². The molecular weight excluding hydrogens is 528 g/mol. The number of hydrogen-bond donors (Lipinski definition) is 3. The molecule has 0 spiro atoms. The lowest BCUT2D eigenvalue weighted by molar-refractivity contribution is 0.426. The van der Waals surface area contributed by atoms with Crippen LogP contribution in [-0.2, 0) is 27.1 Å². The lowest BCUT2D eigenvalue weighted by Crippen LogP contribution is -2.21. The molecule has 3 N–H and O–H groups in total. The second kappa shape index (κ2) is 10.9. The molecule has 0 aromatic heterocycles. The monoisotopic (exact) mass is 586 g/mol. The van der Waals surface area contributed by atoms with Crippen molar-refractivity contribution in [3.8, 4) is 17.2 Å². The molecule has 0 aliphatic heterocycles. The number of phenols is 3. The molecule has 3 nitrogen and oxygen atoms in total. The second-order valence-corrected chi connectivity index (χ2v) is 17.8. The highest BCUT2D eigenvalue weighted by molar-refractivity contribution is 5.64. The number of aromatic hydroxyl groups is 3. The Morgan fingerprint density at radius 2 is 0.674 bits per heavy atom. The molecule has 3 aromatic carbocycles. The van der Waals surface area contributed by atoms with Gasteiger partial charge in [-0.2, -0.15) is 0 Å². The minimum absolute atomic E-state index is 0.171. The molecule has 0 aliphatic rings. The van der Waals surface area contributed by atoms with E-state index in [9.17, 15) is 15.3 Å². The van der Waals surface area contributed by atoms with Crippen molar-refractivity contribution < 1.29 is 15.3 Å². The second-order valence-electron chi connectivity index (χ2n) is 17.8. The Labute approximate surface area is 262 Å². The molecule has 43 heavy (non-hydrogen) atoms. The van der Waals surface area contributed by atoms with Crippen LogP contribution in [0.5, 0.6) is 17.2 Å². The summed E-state index contributed by atoms with van der Waals surface area (Å²) in [6.07, 6.45) is 0. The summed E-state index contributed by atoms with van der Waals surface area (Å²) in [6, 6.07) is 12.6. The van der Waals surface area contributed by atoms with Crippen LogP contribution in [0.2, 0.25) is 0 Å². The highest BCUT2D eigenvalue weighted by atomic mass is 16.3. The third kappa shape index (κ3) is 7.08. The molecule has 236 valence electrons. The third-order valence-electron chi connectivity index (χ3n) is 8.76. The van der Waals surface area contributed by atoms with Crippen molar-refractivity contribution in [1.82, 2.24) is 0 Å². The summed E-state index contributed by atoms with van der Waals surface area (Å²) in [7, 11) is 0. The lowest BCUT2D eigenvalue weighted by atomic mass is 9.71. The van der Waals surface area contributed by atoms with E-state index in [4.69, 9.17) is 0 Å². The van der Waals surface area contributed by atoms with Gasteiger partial charge in [-0.3, -0.25) is 0 Å². The lowest BCUT2D eigenvalue weighted by Gasteiger charge is -2.33. The molecule has 0 bridgehead atoms. The summed E-state index contributed by atoms with van der Waals surface area (Å²) in [6.45, 7) is 34.2. The fourth-order valence-electron chi connectivity index (χ4n) is 5.73. The third-order valence-corrected chi connectivity index (χ3v) is 8.76. The van der Waals surface area contributed by atoms with Crippen LogP contribution in [0.4, 0.5) is 0 Å². The molecule has 0 atom stereocenters. The van der Waals surface area contributed by atoms with E-state index in [1.165, 1.54) is 0 Å². The van der Waals surface area contributed by atoms with Gasteiger partial charge >= 0.3 is 0 Å². The average Bonchev–Trinajstić information content (AvgIpc) is 2.79. The van der Waals surface area contributed by atoms with E-state index in [1.807, 2.05) is 13.0 Å². The number of benzene rings is 3. The molecule has 3 aromatic rings. The van der Waals surface area contributed by atoms with Crippen molar-refractivity contribution in [2.75, 3.05) is 0 Å². The van der Waals surface area contributed by atoms with Crippen molar-refractivity contribution in [2.45, 2.75) is 144 Å². The SMILES string of the molecule is Cc1cc(C(C)(C)C)cc(C(c2cc(C(C)(C)C)cc(C(C)(C)C)c2O)c2cc(C(C)(C)C)cc(C(C)(C)C)c2O)c1O. The molecule has 3 rings (SSSR count). The van der Waals surface area contributed by atoms with E-state index in [2.05, 4.69) is 134 Å². The van der Waals surface area contributed by atoms with E-state index in [-0.39, 0.29) is 44.3 Å². The molecule has 0 unspecified atom stereocenters. The Balaban J connectivity index is 2.70. The van der Waals surface area contributed by atoms with E-state index in [0.717, 1.165) is 33.4 Å². The molecule has 0 saturated carbocycles. The van der Waals surface area contributed by atoms with Crippen molar-refractivity contribution in [1.29, 1.82) is 0 Å². The summed E-state index contributed by atoms with van der Waals surface area (Å²) >= 11 is 0. The normalized spacial score (nSPS) is 13.6. The van der Waals surface area contributed by atoms with E-state index in [1.54, 1.807) is 0 Å². The van der Waals surface area contributed by atoms with Gasteiger partial charge in [0.15, 0.2) is 0 Å². The smallest absolute Gasteiger partial charge is 0.123 e. The zero-order chi connectivity index (χ0) is 33.2. The largest absolute Gasteiger partial charge is 0.507 e. The van der Waals surface area contributed by atoms with Crippen molar-refractivity contribution in [3.63, 3.8) is 0 Å². The first-order chi connectivity index (χ1) is 19.2. The van der Waals surface area contributed by atoms with Crippen molar-refractivity contribution in [3.05, 3.63) is 86.5 Å². The van der Waals surface area contributed by atoms with E-state index < -0.39 is 5.92 Å². The number of phenolic OH excluding ortho intramolecular Hbond substituents is 3. The van der Waals surface area contributed by atoms with Crippen LogP contribution >= 0.6 is 0 Å².